The van der Waals surface area contributed by atoms with Crippen LogP contribution in [0.25, 0.3) is 0 Å². The summed E-state index contributed by atoms with van der Waals surface area (Å²) >= 11 is 0. The van der Waals surface area contributed by atoms with Gasteiger partial charge in [-0.3, -0.25) is 0 Å². The molecular weight excluding hydrogens is 260 g/mol. The number of hydrogen-bond acceptors (Lipinski definition) is 5. The van der Waals surface area contributed by atoms with Crippen LogP contribution in [0.2, 0.25) is 0 Å². The van der Waals surface area contributed by atoms with E-state index in [9.17, 15) is 13.2 Å². The number of hydrogen-bond donors (Lipinski definition) is 2. The number of nitrogen functional groups attached to an aromatic ring is 1. The van der Waals surface area contributed by atoms with Gasteiger partial charge in [0.1, 0.15) is 0 Å². The molecule has 16 heavy (non-hydrogen) atoms. The van der Waals surface area contributed by atoms with Gasteiger partial charge < -0.3 is 10.5 Å². The fraction of sp³-hybridized carbons (Fsp3) is 0.125. The number of carbonyl (C=O) groups excluding carboxylic acids is 1. The summed E-state index contributed by atoms with van der Waals surface area (Å²) in [7, 11) is -2.79. The van der Waals surface area contributed by atoms with Crippen LogP contribution in [-0.2, 0) is 14.8 Å². The number of anilines is 1. The Balaban J connectivity index is 0.00000225. The van der Waals surface area contributed by atoms with Gasteiger partial charge in [-0.2, -0.15) is 0 Å². The summed E-state index contributed by atoms with van der Waals surface area (Å²) in [5.74, 6) is 0. The first-order valence-electron chi connectivity index (χ1n) is 3.92. The Bertz CT molecular complexity index is 457. The molecule has 6 nitrogen and oxygen atoms in total. The summed E-state index contributed by atoms with van der Waals surface area (Å²) in [6, 6.07) is 5.43. The molecule has 1 aromatic rings. The minimum absolute atomic E-state index is 0. The van der Waals surface area contributed by atoms with Crippen molar-refractivity contribution in [2.45, 2.75) is 4.90 Å². The SMILES string of the molecule is COC(=O)NS(=O)(=O)c1ccc(N)cc1.[CaH2]. The molecule has 0 bridgehead atoms. The van der Waals surface area contributed by atoms with Gasteiger partial charge in [-0.05, 0) is 24.3 Å². The van der Waals surface area contributed by atoms with Crippen molar-refractivity contribution in [1.29, 1.82) is 0 Å². The van der Waals surface area contributed by atoms with Crippen LogP contribution in [0.4, 0.5) is 10.5 Å². The molecule has 0 aromatic heterocycles. The average molecular weight is 272 g/mol. The summed E-state index contributed by atoms with van der Waals surface area (Å²) in [5.41, 5.74) is 5.83. The van der Waals surface area contributed by atoms with Crippen LogP contribution in [0.3, 0.4) is 0 Å². The molecule has 0 aliphatic heterocycles. The van der Waals surface area contributed by atoms with Gasteiger partial charge in [-0.25, -0.2) is 17.9 Å². The molecule has 1 aromatic carbocycles. The van der Waals surface area contributed by atoms with E-state index in [1.807, 2.05) is 0 Å². The molecular formula is C8H12CaN2O4S. The number of methoxy groups -OCH3 is 1. The molecule has 0 radical (unpaired) electrons. The molecule has 8 heteroatoms. The predicted molar refractivity (Wildman–Crippen MR) is 62.1 cm³/mol. The van der Waals surface area contributed by atoms with Crippen LogP contribution in [-0.4, -0.2) is 59.4 Å². The standard InChI is InChI=1S/C8H10N2O4S.Ca.2H/c1-14-8(11)10-15(12,13)7-4-2-6(9)3-5-7;;;/h2-5H,9H2,1H3,(H,10,11);;;. The van der Waals surface area contributed by atoms with E-state index in [0.29, 0.717) is 5.69 Å². The molecule has 0 spiro atoms. The Kier molecular flexibility index (Phi) is 6.09. The topological polar surface area (TPSA) is 98.5 Å². The maximum absolute atomic E-state index is 11.5. The van der Waals surface area contributed by atoms with Crippen LogP contribution in [0, 0.1) is 0 Å². The minimum atomic E-state index is -3.87. The van der Waals surface area contributed by atoms with Crippen molar-refractivity contribution in [1.82, 2.24) is 4.72 Å². The van der Waals surface area contributed by atoms with E-state index >= 15 is 0 Å². The summed E-state index contributed by atoms with van der Waals surface area (Å²) in [4.78, 5) is 10.7. The van der Waals surface area contributed by atoms with Gasteiger partial charge in [0.15, 0.2) is 0 Å². The zero-order valence-electron chi connectivity index (χ0n) is 7.93. The van der Waals surface area contributed by atoms with E-state index in [1.165, 1.54) is 24.3 Å². The summed E-state index contributed by atoms with van der Waals surface area (Å²) in [6.07, 6.45) is -1.04. The fourth-order valence-electron chi connectivity index (χ4n) is 0.857. The van der Waals surface area contributed by atoms with Crippen molar-refractivity contribution >= 4 is 59.5 Å². The van der Waals surface area contributed by atoms with Crippen LogP contribution in [0.15, 0.2) is 29.2 Å². The molecule has 0 fully saturated rings. The third kappa shape index (κ3) is 4.17. The summed E-state index contributed by atoms with van der Waals surface area (Å²) in [5, 5.41) is 0. The van der Waals surface area contributed by atoms with Crippen molar-refractivity contribution in [3.63, 3.8) is 0 Å². The third-order valence-electron chi connectivity index (χ3n) is 1.59. The molecule has 1 amide bonds. The van der Waals surface area contributed by atoms with Crippen molar-refractivity contribution in [2.24, 2.45) is 0 Å². The zero-order chi connectivity index (χ0) is 11.5. The molecule has 0 saturated heterocycles. The summed E-state index contributed by atoms with van der Waals surface area (Å²) in [6.45, 7) is 0. The average Bonchev–Trinajstić information content (AvgIpc) is 2.17. The number of amides is 1. The van der Waals surface area contributed by atoms with Gasteiger partial charge in [0.2, 0.25) is 0 Å². The van der Waals surface area contributed by atoms with Crippen LogP contribution >= 0.6 is 0 Å². The Morgan fingerprint density at radius 1 is 1.31 bits per heavy atom. The molecule has 86 valence electrons. The number of nitrogens with two attached hydrogens (primary N) is 1. The number of nitrogens with one attached hydrogen (secondary N) is 1. The number of sulfonamides is 1. The van der Waals surface area contributed by atoms with E-state index in [4.69, 9.17) is 5.73 Å². The first-order valence-corrected chi connectivity index (χ1v) is 5.40. The Morgan fingerprint density at radius 3 is 2.25 bits per heavy atom. The van der Waals surface area contributed by atoms with Crippen molar-refractivity contribution in [3.8, 4) is 0 Å². The zero-order valence-corrected chi connectivity index (χ0v) is 8.74. The normalized spacial score (nSPS) is 10.1. The van der Waals surface area contributed by atoms with Gasteiger partial charge in [0.25, 0.3) is 10.0 Å². The monoisotopic (exact) mass is 272 g/mol. The second-order valence-electron chi connectivity index (χ2n) is 2.67. The molecule has 0 saturated carbocycles. The van der Waals surface area contributed by atoms with Crippen LogP contribution in [0.5, 0.6) is 0 Å². The molecule has 3 N–H and O–H groups in total. The second-order valence-corrected chi connectivity index (χ2v) is 4.35. The number of rotatable bonds is 2. The Morgan fingerprint density at radius 2 is 1.81 bits per heavy atom. The molecule has 0 aliphatic carbocycles. The number of benzene rings is 1. The quantitative estimate of drug-likeness (QED) is 0.553. The number of ether oxygens (including phenoxy) is 1. The molecule has 0 unspecified atom stereocenters. The molecule has 0 atom stereocenters. The van der Waals surface area contributed by atoms with E-state index in [2.05, 4.69) is 4.74 Å². The molecule has 0 aliphatic rings. The van der Waals surface area contributed by atoms with Crippen molar-refractivity contribution in [2.75, 3.05) is 12.8 Å². The Labute approximate surface area is 123 Å². The first kappa shape index (κ1) is 15.5. The third-order valence-corrected chi connectivity index (χ3v) is 2.92. The van der Waals surface area contributed by atoms with Gasteiger partial charge in [-0.15, -0.1) is 0 Å². The van der Waals surface area contributed by atoms with E-state index in [1.54, 1.807) is 4.72 Å². The maximum atomic E-state index is 11.5. The van der Waals surface area contributed by atoms with Crippen molar-refractivity contribution < 1.29 is 17.9 Å². The fourth-order valence-corrected chi connectivity index (χ4v) is 1.77. The van der Waals surface area contributed by atoms with Crippen molar-refractivity contribution in [3.05, 3.63) is 24.3 Å². The van der Waals surface area contributed by atoms with Gasteiger partial charge in [0.05, 0.1) is 12.0 Å². The van der Waals surface area contributed by atoms with Crippen LogP contribution in [0.1, 0.15) is 0 Å². The van der Waals surface area contributed by atoms with E-state index in [-0.39, 0.29) is 42.6 Å². The molecule has 1 rings (SSSR count). The first-order chi connectivity index (χ1) is 6.95. The van der Waals surface area contributed by atoms with E-state index in [0.717, 1.165) is 7.11 Å². The predicted octanol–water partition coefficient (Wildman–Crippen LogP) is -0.603. The van der Waals surface area contributed by atoms with E-state index < -0.39 is 16.1 Å². The van der Waals surface area contributed by atoms with Crippen LogP contribution < -0.4 is 10.5 Å². The Hall–Kier alpha value is -0.500. The van der Waals surface area contributed by atoms with Gasteiger partial charge in [-0.1, -0.05) is 0 Å². The second kappa shape index (κ2) is 6.29. The number of carbonyl (C=O) groups is 1. The summed E-state index contributed by atoms with van der Waals surface area (Å²) < 4.78 is 28.8. The van der Waals surface area contributed by atoms with Gasteiger partial charge in [0, 0.05) is 5.69 Å². The molecule has 0 heterocycles. The van der Waals surface area contributed by atoms with Gasteiger partial charge >= 0.3 is 43.8 Å².